The second-order valence-electron chi connectivity index (χ2n) is 3.04. The highest BCUT2D eigenvalue weighted by molar-refractivity contribution is 5.86. The Kier molecular flexibility index (Phi) is 4.92. The maximum absolute atomic E-state index is 11.4. The van der Waals surface area contributed by atoms with Crippen LogP contribution in [0.25, 0.3) is 0 Å². The number of carbonyl (C=O) groups excluding carboxylic acids is 1. The number of hydrogen-bond acceptors (Lipinski definition) is 4. The van der Waals surface area contributed by atoms with Gasteiger partial charge in [0.05, 0.1) is 6.61 Å². The Morgan fingerprint density at radius 3 is 2.62 bits per heavy atom. The monoisotopic (exact) mass is 222 g/mol. The lowest BCUT2D eigenvalue weighted by Gasteiger charge is -2.07. The number of rotatable bonds is 5. The molecule has 0 spiro atoms. The van der Waals surface area contributed by atoms with Crippen LogP contribution in [-0.2, 0) is 9.53 Å². The molecule has 1 aromatic carbocycles. The fourth-order valence-corrected chi connectivity index (χ4v) is 1.00. The Hall–Kier alpha value is -1.97. The van der Waals surface area contributed by atoms with Gasteiger partial charge in [-0.25, -0.2) is 4.79 Å². The average molecular weight is 222 g/mol. The lowest BCUT2D eigenvalue weighted by atomic mass is 10.3. The van der Waals surface area contributed by atoms with Gasteiger partial charge in [0, 0.05) is 0 Å². The standard InChI is InChI=1S/C12H14O4/c1-2-8-15-12(14)11(9-13)16-10-6-4-3-5-7-10/h3-7,9,13H,2,8H2,1H3. The average Bonchev–Trinajstić information content (AvgIpc) is 2.34. The molecule has 86 valence electrons. The molecule has 0 fully saturated rings. The number of hydrogen-bond donors (Lipinski definition) is 1. The van der Waals surface area contributed by atoms with Crippen LogP contribution in [0.2, 0.25) is 0 Å². The van der Waals surface area contributed by atoms with Crippen LogP contribution in [0.5, 0.6) is 5.75 Å². The van der Waals surface area contributed by atoms with Crippen molar-refractivity contribution in [2.75, 3.05) is 6.61 Å². The molecule has 4 nitrogen and oxygen atoms in total. The SMILES string of the molecule is CCCOC(=O)C(=CO)Oc1ccccc1. The molecule has 0 saturated carbocycles. The Bertz CT molecular complexity index is 357. The van der Waals surface area contributed by atoms with Gasteiger partial charge in [-0.3, -0.25) is 0 Å². The van der Waals surface area contributed by atoms with E-state index in [4.69, 9.17) is 14.6 Å². The lowest BCUT2D eigenvalue weighted by Crippen LogP contribution is -2.13. The van der Waals surface area contributed by atoms with E-state index in [0.29, 0.717) is 18.6 Å². The van der Waals surface area contributed by atoms with Crippen LogP contribution in [0.4, 0.5) is 0 Å². The van der Waals surface area contributed by atoms with Gasteiger partial charge in [-0.2, -0.15) is 0 Å². The molecular weight excluding hydrogens is 208 g/mol. The normalized spacial score (nSPS) is 10.9. The van der Waals surface area contributed by atoms with Crippen LogP contribution in [0, 0.1) is 0 Å². The molecule has 0 atom stereocenters. The van der Waals surface area contributed by atoms with E-state index >= 15 is 0 Å². The van der Waals surface area contributed by atoms with Crippen molar-refractivity contribution in [3.63, 3.8) is 0 Å². The van der Waals surface area contributed by atoms with Crippen LogP contribution in [0.3, 0.4) is 0 Å². The van der Waals surface area contributed by atoms with Gasteiger partial charge in [-0.15, -0.1) is 0 Å². The topological polar surface area (TPSA) is 55.8 Å². The summed E-state index contributed by atoms with van der Waals surface area (Å²) in [5.74, 6) is -0.427. The zero-order valence-electron chi connectivity index (χ0n) is 9.05. The molecule has 1 rings (SSSR count). The van der Waals surface area contributed by atoms with Crippen LogP contribution < -0.4 is 4.74 Å². The maximum atomic E-state index is 11.4. The van der Waals surface area contributed by atoms with Gasteiger partial charge < -0.3 is 14.6 Å². The Morgan fingerprint density at radius 1 is 1.38 bits per heavy atom. The zero-order chi connectivity index (χ0) is 11.8. The summed E-state index contributed by atoms with van der Waals surface area (Å²) in [4.78, 5) is 11.4. The van der Waals surface area contributed by atoms with Crippen molar-refractivity contribution in [1.29, 1.82) is 0 Å². The van der Waals surface area contributed by atoms with E-state index in [1.54, 1.807) is 24.3 Å². The fourth-order valence-electron chi connectivity index (χ4n) is 1.00. The predicted molar refractivity (Wildman–Crippen MR) is 59.0 cm³/mol. The van der Waals surface area contributed by atoms with E-state index in [2.05, 4.69) is 0 Å². The van der Waals surface area contributed by atoms with Crippen molar-refractivity contribution in [2.24, 2.45) is 0 Å². The molecule has 0 amide bonds. The third-order valence-electron chi connectivity index (χ3n) is 1.73. The Labute approximate surface area is 94.1 Å². The van der Waals surface area contributed by atoms with Gasteiger partial charge in [0.1, 0.15) is 12.0 Å². The molecule has 0 aliphatic heterocycles. The first kappa shape index (κ1) is 12.1. The smallest absolute Gasteiger partial charge is 0.377 e. The minimum atomic E-state index is -0.673. The summed E-state index contributed by atoms with van der Waals surface area (Å²) in [6.07, 6.45) is 1.32. The lowest BCUT2D eigenvalue weighted by molar-refractivity contribution is -0.141. The number of carbonyl (C=O) groups is 1. The second kappa shape index (κ2) is 6.50. The molecule has 0 bridgehead atoms. The summed E-state index contributed by atoms with van der Waals surface area (Å²) < 4.78 is 9.98. The number of esters is 1. The highest BCUT2D eigenvalue weighted by Gasteiger charge is 2.13. The van der Waals surface area contributed by atoms with Crippen LogP contribution in [-0.4, -0.2) is 17.7 Å². The quantitative estimate of drug-likeness (QED) is 0.472. The molecular formula is C12H14O4. The van der Waals surface area contributed by atoms with Crippen molar-refractivity contribution in [3.8, 4) is 5.75 Å². The largest absolute Gasteiger partial charge is 0.511 e. The molecule has 0 unspecified atom stereocenters. The molecule has 0 aliphatic carbocycles. The van der Waals surface area contributed by atoms with Gasteiger partial charge in [-0.1, -0.05) is 25.1 Å². The number of para-hydroxylation sites is 1. The molecule has 0 aromatic heterocycles. The van der Waals surface area contributed by atoms with Gasteiger partial charge in [0.15, 0.2) is 0 Å². The minimum absolute atomic E-state index is 0.223. The minimum Gasteiger partial charge on any atom is -0.511 e. The van der Waals surface area contributed by atoms with E-state index in [9.17, 15) is 4.79 Å². The van der Waals surface area contributed by atoms with Gasteiger partial charge in [-0.05, 0) is 18.6 Å². The first-order chi connectivity index (χ1) is 7.77. The summed E-state index contributed by atoms with van der Waals surface area (Å²) in [5.41, 5.74) is 0. The molecule has 1 N–H and O–H groups in total. The van der Waals surface area contributed by atoms with E-state index in [1.807, 2.05) is 13.0 Å². The van der Waals surface area contributed by atoms with Crippen LogP contribution in [0.15, 0.2) is 42.4 Å². The van der Waals surface area contributed by atoms with Crippen molar-refractivity contribution in [2.45, 2.75) is 13.3 Å². The summed E-state index contributed by atoms with van der Waals surface area (Å²) in [5, 5.41) is 8.87. The van der Waals surface area contributed by atoms with Gasteiger partial charge >= 0.3 is 5.97 Å². The zero-order valence-corrected chi connectivity index (χ0v) is 9.05. The fraction of sp³-hybridized carbons (Fsp3) is 0.250. The van der Waals surface area contributed by atoms with Crippen LogP contribution in [0.1, 0.15) is 13.3 Å². The van der Waals surface area contributed by atoms with E-state index in [-0.39, 0.29) is 5.76 Å². The molecule has 4 heteroatoms. The molecule has 16 heavy (non-hydrogen) atoms. The van der Waals surface area contributed by atoms with Crippen molar-refractivity contribution >= 4 is 5.97 Å². The Balaban J connectivity index is 2.60. The number of aliphatic hydroxyl groups is 1. The van der Waals surface area contributed by atoms with Crippen molar-refractivity contribution in [3.05, 3.63) is 42.4 Å². The second-order valence-corrected chi connectivity index (χ2v) is 3.04. The highest BCUT2D eigenvalue weighted by Crippen LogP contribution is 2.13. The third kappa shape index (κ3) is 3.65. The molecule has 0 aliphatic rings. The van der Waals surface area contributed by atoms with Crippen LogP contribution >= 0.6 is 0 Å². The number of ether oxygens (including phenoxy) is 2. The van der Waals surface area contributed by atoms with Crippen molar-refractivity contribution < 1.29 is 19.4 Å². The van der Waals surface area contributed by atoms with E-state index < -0.39 is 5.97 Å². The summed E-state index contributed by atoms with van der Waals surface area (Å²) in [6, 6.07) is 8.71. The maximum Gasteiger partial charge on any atom is 0.377 e. The Morgan fingerprint density at radius 2 is 2.06 bits per heavy atom. The van der Waals surface area contributed by atoms with E-state index in [0.717, 1.165) is 6.42 Å². The van der Waals surface area contributed by atoms with Crippen molar-refractivity contribution in [1.82, 2.24) is 0 Å². The first-order valence-electron chi connectivity index (χ1n) is 5.02. The van der Waals surface area contributed by atoms with E-state index in [1.165, 1.54) is 0 Å². The summed E-state index contributed by atoms with van der Waals surface area (Å²) in [7, 11) is 0. The first-order valence-corrected chi connectivity index (χ1v) is 5.02. The molecule has 1 aromatic rings. The van der Waals surface area contributed by atoms with Gasteiger partial charge in [0.25, 0.3) is 0 Å². The highest BCUT2D eigenvalue weighted by atomic mass is 16.6. The number of benzene rings is 1. The molecule has 0 radical (unpaired) electrons. The third-order valence-corrected chi connectivity index (χ3v) is 1.73. The summed E-state index contributed by atoms with van der Waals surface area (Å²) in [6.45, 7) is 2.18. The predicted octanol–water partition coefficient (Wildman–Crippen LogP) is 2.42. The molecule has 0 heterocycles. The molecule has 0 saturated heterocycles. The summed E-state index contributed by atoms with van der Waals surface area (Å²) >= 11 is 0. The number of aliphatic hydroxyl groups excluding tert-OH is 1. The van der Waals surface area contributed by atoms with Gasteiger partial charge in [0.2, 0.25) is 5.76 Å².